The molecule has 0 radical (unpaired) electrons. The summed E-state index contributed by atoms with van der Waals surface area (Å²) in [5.74, 6) is 6.31. The van der Waals surface area contributed by atoms with Crippen LogP contribution in [0.15, 0.2) is 12.1 Å². The smallest absolute Gasteiger partial charge is 0.276 e. The van der Waals surface area contributed by atoms with Gasteiger partial charge in [-0.05, 0) is 19.4 Å². The van der Waals surface area contributed by atoms with Crippen LogP contribution in [0, 0.1) is 10.1 Å². The van der Waals surface area contributed by atoms with Crippen molar-refractivity contribution in [1.29, 1.82) is 0 Å². The molecule has 0 saturated carbocycles. The molecule has 2 saturated heterocycles. The summed E-state index contributed by atoms with van der Waals surface area (Å²) < 4.78 is 0. The van der Waals surface area contributed by atoms with Crippen molar-refractivity contribution in [3.63, 3.8) is 0 Å². The van der Waals surface area contributed by atoms with E-state index in [1.165, 1.54) is 31.4 Å². The second-order valence-corrected chi connectivity index (χ2v) is 5.60. The lowest BCUT2D eigenvalue weighted by Crippen LogP contribution is -2.55. The zero-order valence-electron chi connectivity index (χ0n) is 11.9. The minimum Gasteiger partial charge on any atom is -0.353 e. The van der Waals surface area contributed by atoms with Crippen LogP contribution in [-0.2, 0) is 0 Å². The van der Waals surface area contributed by atoms with E-state index in [4.69, 9.17) is 5.84 Å². The lowest BCUT2D eigenvalue weighted by molar-refractivity contribution is -0.384. The van der Waals surface area contributed by atoms with Crippen molar-refractivity contribution in [2.45, 2.75) is 25.3 Å². The Morgan fingerprint density at radius 2 is 2.19 bits per heavy atom. The highest BCUT2D eigenvalue weighted by atomic mass is 16.6. The van der Waals surface area contributed by atoms with E-state index < -0.39 is 4.92 Å². The molecule has 2 aliphatic heterocycles. The fourth-order valence-electron chi connectivity index (χ4n) is 3.21. The summed E-state index contributed by atoms with van der Waals surface area (Å²) in [5, 5.41) is 11.0. The zero-order chi connectivity index (χ0) is 14.8. The number of nitrogens with zero attached hydrogens (tertiary/aromatic N) is 4. The first-order chi connectivity index (χ1) is 10.2. The van der Waals surface area contributed by atoms with Crippen LogP contribution in [0.5, 0.6) is 0 Å². The summed E-state index contributed by atoms with van der Waals surface area (Å²) in [5.41, 5.74) is 2.42. The molecule has 1 aromatic heterocycles. The van der Waals surface area contributed by atoms with Gasteiger partial charge in [-0.2, -0.15) is 0 Å². The van der Waals surface area contributed by atoms with E-state index in [-0.39, 0.29) is 5.69 Å². The summed E-state index contributed by atoms with van der Waals surface area (Å²) in [4.78, 5) is 19.6. The molecule has 2 fully saturated rings. The summed E-state index contributed by atoms with van der Waals surface area (Å²) in [6, 6.07) is 3.41. The molecule has 1 atom stereocenters. The van der Waals surface area contributed by atoms with Crippen LogP contribution in [0.3, 0.4) is 0 Å². The molecule has 0 bridgehead atoms. The molecule has 2 aliphatic rings. The van der Waals surface area contributed by atoms with Crippen LogP contribution >= 0.6 is 0 Å². The van der Waals surface area contributed by atoms with Crippen molar-refractivity contribution in [2.24, 2.45) is 5.84 Å². The number of aromatic nitrogens is 1. The summed E-state index contributed by atoms with van der Waals surface area (Å²) in [6.45, 7) is 3.86. The van der Waals surface area contributed by atoms with E-state index in [1.807, 2.05) is 0 Å². The van der Waals surface area contributed by atoms with Crippen LogP contribution in [0.1, 0.15) is 19.3 Å². The van der Waals surface area contributed by atoms with Crippen molar-refractivity contribution in [1.82, 2.24) is 9.88 Å². The van der Waals surface area contributed by atoms with Crippen LogP contribution < -0.4 is 16.2 Å². The summed E-state index contributed by atoms with van der Waals surface area (Å²) in [6.07, 6.45) is 3.72. The molecule has 1 unspecified atom stereocenters. The molecule has 0 aromatic carbocycles. The number of pyridine rings is 1. The molecule has 1 aromatic rings. The molecule has 0 amide bonds. The Bertz CT molecular complexity index is 537. The molecule has 8 heteroatoms. The van der Waals surface area contributed by atoms with Gasteiger partial charge in [0.1, 0.15) is 11.6 Å². The predicted molar refractivity (Wildman–Crippen MR) is 80.1 cm³/mol. The number of nitrogens with one attached hydrogen (secondary N) is 1. The number of rotatable bonds is 3. The number of hydrogen-bond donors (Lipinski definition) is 2. The van der Waals surface area contributed by atoms with Crippen LogP contribution in [0.4, 0.5) is 17.3 Å². The average molecular weight is 292 g/mol. The Morgan fingerprint density at radius 1 is 1.33 bits per heavy atom. The third kappa shape index (κ3) is 2.91. The number of nitrogens with two attached hydrogens (primary N) is 1. The monoisotopic (exact) mass is 292 g/mol. The lowest BCUT2D eigenvalue weighted by atomic mass is 9.99. The zero-order valence-corrected chi connectivity index (χ0v) is 11.9. The van der Waals surface area contributed by atoms with Gasteiger partial charge in [0, 0.05) is 25.7 Å². The maximum Gasteiger partial charge on any atom is 0.276 e. The van der Waals surface area contributed by atoms with Gasteiger partial charge < -0.3 is 10.3 Å². The molecule has 3 heterocycles. The van der Waals surface area contributed by atoms with Crippen LogP contribution in [0.25, 0.3) is 0 Å². The van der Waals surface area contributed by atoms with E-state index >= 15 is 0 Å². The molecule has 21 heavy (non-hydrogen) atoms. The van der Waals surface area contributed by atoms with Gasteiger partial charge in [0.25, 0.3) is 5.69 Å². The first kappa shape index (κ1) is 14.0. The number of piperazine rings is 1. The minimum atomic E-state index is -0.414. The maximum absolute atomic E-state index is 11.0. The minimum absolute atomic E-state index is 0.0130. The third-order valence-corrected chi connectivity index (χ3v) is 4.32. The van der Waals surface area contributed by atoms with E-state index in [1.54, 1.807) is 0 Å². The largest absolute Gasteiger partial charge is 0.353 e. The second kappa shape index (κ2) is 5.82. The van der Waals surface area contributed by atoms with Crippen LogP contribution in [-0.4, -0.2) is 47.0 Å². The van der Waals surface area contributed by atoms with E-state index in [0.717, 1.165) is 26.2 Å². The first-order valence-corrected chi connectivity index (χ1v) is 7.29. The van der Waals surface area contributed by atoms with Gasteiger partial charge in [-0.1, -0.05) is 6.42 Å². The Hall–Kier alpha value is -1.93. The number of hydrogen-bond acceptors (Lipinski definition) is 7. The van der Waals surface area contributed by atoms with Crippen molar-refractivity contribution in [3.8, 4) is 0 Å². The van der Waals surface area contributed by atoms with E-state index in [2.05, 4.69) is 20.2 Å². The molecular formula is C13H20N6O2. The van der Waals surface area contributed by atoms with Crippen molar-refractivity contribution in [3.05, 3.63) is 22.2 Å². The molecule has 3 N–H and O–H groups in total. The lowest BCUT2D eigenvalue weighted by Gasteiger charge is -2.44. The van der Waals surface area contributed by atoms with Gasteiger partial charge in [-0.3, -0.25) is 15.0 Å². The van der Waals surface area contributed by atoms with Gasteiger partial charge in [0.15, 0.2) is 0 Å². The summed E-state index contributed by atoms with van der Waals surface area (Å²) >= 11 is 0. The molecule has 0 aliphatic carbocycles. The Balaban J connectivity index is 1.82. The van der Waals surface area contributed by atoms with Crippen LogP contribution in [0.2, 0.25) is 0 Å². The number of hydrazine groups is 1. The van der Waals surface area contributed by atoms with Gasteiger partial charge >= 0.3 is 0 Å². The third-order valence-electron chi connectivity index (χ3n) is 4.32. The normalized spacial score (nSPS) is 22.7. The molecule has 8 nitrogen and oxygen atoms in total. The van der Waals surface area contributed by atoms with Gasteiger partial charge in [0.05, 0.1) is 17.1 Å². The topological polar surface area (TPSA) is 101 Å². The molecular weight excluding hydrogens is 272 g/mol. The Kier molecular flexibility index (Phi) is 3.89. The van der Waals surface area contributed by atoms with Crippen molar-refractivity contribution < 1.29 is 4.92 Å². The van der Waals surface area contributed by atoms with E-state index in [0.29, 0.717) is 17.7 Å². The van der Waals surface area contributed by atoms with E-state index in [9.17, 15) is 10.1 Å². The Labute approximate surface area is 123 Å². The van der Waals surface area contributed by atoms with Gasteiger partial charge in [0.2, 0.25) is 0 Å². The number of fused-ring (bicyclic) bond motifs is 1. The standard InChI is InChI=1S/C13H20N6O2/c14-16-12-7-11(19(20)21)8-13(15-12)18-6-5-17-4-2-1-3-10(17)9-18/h7-8,10H,1-6,9,14H2,(H,15,16). The fraction of sp³-hybridized carbons (Fsp3) is 0.615. The van der Waals surface area contributed by atoms with Gasteiger partial charge in [-0.15, -0.1) is 0 Å². The average Bonchev–Trinajstić information content (AvgIpc) is 2.53. The highest BCUT2D eigenvalue weighted by Gasteiger charge is 2.30. The number of nitrogen functional groups attached to an aromatic ring is 1. The summed E-state index contributed by atoms with van der Waals surface area (Å²) in [7, 11) is 0. The highest BCUT2D eigenvalue weighted by molar-refractivity contribution is 5.55. The molecule has 0 spiro atoms. The molecule has 114 valence electrons. The number of anilines is 2. The molecule has 3 rings (SSSR count). The predicted octanol–water partition coefficient (Wildman–Crippen LogP) is 0.950. The fourth-order valence-corrected chi connectivity index (χ4v) is 3.21. The van der Waals surface area contributed by atoms with Crippen molar-refractivity contribution in [2.75, 3.05) is 36.5 Å². The quantitative estimate of drug-likeness (QED) is 0.486. The second-order valence-electron chi connectivity index (χ2n) is 5.60. The van der Waals surface area contributed by atoms with Gasteiger partial charge in [-0.25, -0.2) is 10.8 Å². The number of piperidine rings is 1. The maximum atomic E-state index is 11.0. The van der Waals surface area contributed by atoms with Crippen molar-refractivity contribution >= 4 is 17.3 Å². The Morgan fingerprint density at radius 3 is 2.95 bits per heavy atom. The SMILES string of the molecule is NNc1cc([N+](=O)[O-])cc(N2CCN3CCCCC3C2)n1. The highest BCUT2D eigenvalue weighted by Crippen LogP contribution is 2.27. The number of nitro groups is 1. The first-order valence-electron chi connectivity index (χ1n) is 7.29.